The summed E-state index contributed by atoms with van der Waals surface area (Å²) in [6, 6.07) is 27.6. The van der Waals surface area contributed by atoms with E-state index in [1.165, 1.54) is 0 Å². The Bertz CT molecular complexity index is 1450. The molecule has 0 saturated carbocycles. The number of Topliss-reactive ketones (excluding diaryl/α,β-unsaturated/α-hetero) is 2. The van der Waals surface area contributed by atoms with E-state index in [1.807, 2.05) is 91.9 Å². The lowest BCUT2D eigenvalue weighted by Crippen LogP contribution is -2.35. The van der Waals surface area contributed by atoms with E-state index in [0.717, 1.165) is 72.1 Å². The molecule has 2 heterocycles. The Hall–Kier alpha value is -4.16. The second-order valence-corrected chi connectivity index (χ2v) is 10.6. The molecule has 2 N–H and O–H groups in total. The molecule has 1 fully saturated rings. The summed E-state index contributed by atoms with van der Waals surface area (Å²) in [5.74, 6) is 0.215. The molecule has 0 unspecified atom stereocenters. The fourth-order valence-corrected chi connectivity index (χ4v) is 5.36. The van der Waals surface area contributed by atoms with E-state index in [1.54, 1.807) is 0 Å². The summed E-state index contributed by atoms with van der Waals surface area (Å²) in [5.41, 5.74) is 7.49. The Morgan fingerprint density at radius 2 is 1.32 bits per heavy atom. The lowest BCUT2D eigenvalue weighted by molar-refractivity contribution is 0.0979. The van der Waals surface area contributed by atoms with Crippen molar-refractivity contribution in [1.82, 2.24) is 4.57 Å². The summed E-state index contributed by atoms with van der Waals surface area (Å²) >= 11 is 0. The molecular weight excluding hydrogens is 498 g/mol. The molecule has 6 nitrogen and oxygen atoms in total. The number of benzene rings is 3. The first-order valence-corrected chi connectivity index (χ1v) is 14.1. The third-order valence-electron chi connectivity index (χ3n) is 7.75. The van der Waals surface area contributed by atoms with Crippen LogP contribution in [0, 0.1) is 6.92 Å². The van der Waals surface area contributed by atoms with Gasteiger partial charge in [-0.3, -0.25) is 9.59 Å². The summed E-state index contributed by atoms with van der Waals surface area (Å²) in [6.45, 7) is 6.54. The SMILES string of the molecule is CCn1c(C)ccc1C(=O)Cc1ccc(Nc2ccc(CC(=O)c3ccc(N4CCC(O)CC4)cc3)cc2)cc1. The van der Waals surface area contributed by atoms with Gasteiger partial charge in [-0.25, -0.2) is 0 Å². The average Bonchev–Trinajstić information content (AvgIpc) is 3.36. The number of nitrogens with one attached hydrogen (secondary N) is 1. The Labute approximate surface area is 236 Å². The number of hydrogen-bond acceptors (Lipinski definition) is 5. The van der Waals surface area contributed by atoms with Crippen LogP contribution in [0.2, 0.25) is 0 Å². The van der Waals surface area contributed by atoms with Gasteiger partial charge in [-0.15, -0.1) is 0 Å². The molecule has 206 valence electrons. The Balaban J connectivity index is 1.13. The van der Waals surface area contributed by atoms with Crippen molar-refractivity contribution in [2.75, 3.05) is 23.3 Å². The molecule has 4 aromatic rings. The van der Waals surface area contributed by atoms with E-state index >= 15 is 0 Å². The van der Waals surface area contributed by atoms with Gasteiger partial charge in [0.2, 0.25) is 0 Å². The molecule has 1 aromatic heterocycles. The van der Waals surface area contributed by atoms with Gasteiger partial charge >= 0.3 is 0 Å². The molecule has 0 bridgehead atoms. The second kappa shape index (κ2) is 12.3. The van der Waals surface area contributed by atoms with Crippen molar-refractivity contribution in [3.63, 3.8) is 0 Å². The maximum Gasteiger partial charge on any atom is 0.183 e. The number of aliphatic hydroxyl groups excluding tert-OH is 1. The lowest BCUT2D eigenvalue weighted by Gasteiger charge is -2.31. The number of carbonyl (C=O) groups excluding carboxylic acids is 2. The van der Waals surface area contributed by atoms with E-state index in [2.05, 4.69) is 21.7 Å². The Morgan fingerprint density at radius 3 is 1.88 bits per heavy atom. The first kappa shape index (κ1) is 27.4. The van der Waals surface area contributed by atoms with Gasteiger partial charge in [-0.2, -0.15) is 0 Å². The minimum Gasteiger partial charge on any atom is -0.393 e. The molecule has 6 heteroatoms. The molecular formula is C34H37N3O3. The third kappa shape index (κ3) is 6.52. The quantitative estimate of drug-likeness (QED) is 0.231. The Morgan fingerprint density at radius 1 is 0.775 bits per heavy atom. The normalized spacial score (nSPS) is 13.8. The van der Waals surface area contributed by atoms with Crippen molar-refractivity contribution in [1.29, 1.82) is 0 Å². The molecule has 1 saturated heterocycles. The van der Waals surface area contributed by atoms with E-state index in [0.29, 0.717) is 18.4 Å². The largest absolute Gasteiger partial charge is 0.393 e. The van der Waals surface area contributed by atoms with Crippen LogP contribution >= 0.6 is 0 Å². The van der Waals surface area contributed by atoms with Crippen molar-refractivity contribution in [2.24, 2.45) is 0 Å². The van der Waals surface area contributed by atoms with Crippen LogP contribution in [-0.2, 0) is 19.4 Å². The maximum atomic E-state index is 12.9. The van der Waals surface area contributed by atoms with Crippen LogP contribution in [0.4, 0.5) is 17.1 Å². The van der Waals surface area contributed by atoms with Crippen molar-refractivity contribution in [2.45, 2.75) is 52.2 Å². The van der Waals surface area contributed by atoms with Crippen LogP contribution < -0.4 is 10.2 Å². The van der Waals surface area contributed by atoms with Crippen molar-refractivity contribution in [3.8, 4) is 0 Å². The standard InChI is InChI=1S/C34H37N3O3/c1-3-37-24(2)4-17-32(37)34(40)23-26-7-13-29(14-8-26)35-28-11-5-25(6-12-28)22-33(39)27-9-15-30(16-10-27)36-20-18-31(38)19-21-36/h4-17,31,35,38H,3,18-23H2,1-2H3. The minimum atomic E-state index is -0.199. The van der Waals surface area contributed by atoms with Crippen LogP contribution in [-0.4, -0.2) is 40.4 Å². The molecule has 0 atom stereocenters. The van der Waals surface area contributed by atoms with Gasteiger partial charge in [0.25, 0.3) is 0 Å². The number of hydrogen-bond donors (Lipinski definition) is 2. The molecule has 0 aliphatic carbocycles. The fourth-order valence-electron chi connectivity index (χ4n) is 5.36. The maximum absolute atomic E-state index is 12.9. The minimum absolute atomic E-state index is 0.0906. The van der Waals surface area contributed by atoms with Gasteiger partial charge in [0, 0.05) is 60.8 Å². The number of aromatic nitrogens is 1. The first-order valence-electron chi connectivity index (χ1n) is 14.1. The number of aliphatic hydroxyl groups is 1. The highest BCUT2D eigenvalue weighted by molar-refractivity contribution is 5.98. The number of ketones is 2. The number of anilines is 3. The summed E-state index contributed by atoms with van der Waals surface area (Å²) in [7, 11) is 0. The third-order valence-corrected chi connectivity index (χ3v) is 7.75. The van der Waals surface area contributed by atoms with E-state index in [-0.39, 0.29) is 17.7 Å². The van der Waals surface area contributed by atoms with Crippen LogP contribution in [0.1, 0.15) is 57.4 Å². The van der Waals surface area contributed by atoms with Crippen LogP contribution in [0.15, 0.2) is 84.9 Å². The monoisotopic (exact) mass is 535 g/mol. The van der Waals surface area contributed by atoms with Crippen molar-refractivity contribution >= 4 is 28.6 Å². The van der Waals surface area contributed by atoms with E-state index in [4.69, 9.17) is 0 Å². The number of carbonyl (C=O) groups is 2. The van der Waals surface area contributed by atoms with Gasteiger partial charge in [0.1, 0.15) is 0 Å². The highest BCUT2D eigenvalue weighted by Gasteiger charge is 2.18. The summed E-state index contributed by atoms with van der Waals surface area (Å²) in [6.07, 6.45) is 2.09. The zero-order chi connectivity index (χ0) is 28.1. The molecule has 0 spiro atoms. The van der Waals surface area contributed by atoms with Gasteiger partial charge < -0.3 is 19.9 Å². The summed E-state index contributed by atoms with van der Waals surface area (Å²) in [4.78, 5) is 27.9. The molecule has 3 aromatic carbocycles. The number of nitrogens with zero attached hydrogens (tertiary/aromatic N) is 2. The smallest absolute Gasteiger partial charge is 0.183 e. The lowest BCUT2D eigenvalue weighted by atomic mass is 10.0. The highest BCUT2D eigenvalue weighted by atomic mass is 16.3. The van der Waals surface area contributed by atoms with Crippen molar-refractivity contribution < 1.29 is 14.7 Å². The zero-order valence-corrected chi connectivity index (χ0v) is 23.3. The van der Waals surface area contributed by atoms with Gasteiger partial charge in [0.05, 0.1) is 11.8 Å². The summed E-state index contributed by atoms with van der Waals surface area (Å²) in [5, 5.41) is 13.1. The van der Waals surface area contributed by atoms with Crippen LogP contribution in [0.5, 0.6) is 0 Å². The predicted octanol–water partition coefficient (Wildman–Crippen LogP) is 6.37. The zero-order valence-electron chi connectivity index (χ0n) is 23.3. The van der Waals surface area contributed by atoms with Gasteiger partial charge in [-0.05, 0) is 98.5 Å². The highest BCUT2D eigenvalue weighted by Crippen LogP contribution is 2.23. The molecule has 5 rings (SSSR count). The first-order chi connectivity index (χ1) is 19.4. The molecule has 1 aliphatic heterocycles. The molecule has 0 radical (unpaired) electrons. The predicted molar refractivity (Wildman–Crippen MR) is 161 cm³/mol. The number of aryl methyl sites for hydroxylation is 1. The van der Waals surface area contributed by atoms with E-state index < -0.39 is 0 Å². The number of rotatable bonds is 10. The van der Waals surface area contributed by atoms with E-state index in [9.17, 15) is 14.7 Å². The van der Waals surface area contributed by atoms with Gasteiger partial charge in [-0.1, -0.05) is 24.3 Å². The Kier molecular flexibility index (Phi) is 8.46. The van der Waals surface area contributed by atoms with Crippen LogP contribution in [0.3, 0.4) is 0 Å². The summed E-state index contributed by atoms with van der Waals surface area (Å²) < 4.78 is 2.05. The fraction of sp³-hybridized carbons (Fsp3) is 0.294. The van der Waals surface area contributed by atoms with Gasteiger partial charge in [0.15, 0.2) is 11.6 Å². The average molecular weight is 536 g/mol. The second-order valence-electron chi connectivity index (χ2n) is 10.6. The molecule has 1 aliphatic rings. The molecule has 0 amide bonds. The topological polar surface area (TPSA) is 74.6 Å². The van der Waals surface area contributed by atoms with Crippen molar-refractivity contribution in [3.05, 3.63) is 113 Å². The van der Waals surface area contributed by atoms with Crippen LogP contribution in [0.25, 0.3) is 0 Å². The molecule has 40 heavy (non-hydrogen) atoms. The number of piperidine rings is 1.